The summed E-state index contributed by atoms with van der Waals surface area (Å²) in [6.45, 7) is 2.41. The zero-order chi connectivity index (χ0) is 22.6. The van der Waals surface area contributed by atoms with Crippen LogP contribution in [0.15, 0.2) is 58.3 Å². The van der Waals surface area contributed by atoms with Crippen molar-refractivity contribution in [2.75, 3.05) is 18.4 Å². The molecule has 0 bridgehead atoms. The van der Waals surface area contributed by atoms with E-state index in [-0.39, 0.29) is 21.9 Å². The fraction of sp³-hybridized carbons (Fsp3) is 0.458. The average molecular weight is 460 g/mol. The number of nitrogens with one attached hydrogen (secondary N) is 2. The molecular weight excluding hydrogens is 429 g/mol. The van der Waals surface area contributed by atoms with Crippen molar-refractivity contribution in [3.63, 3.8) is 0 Å². The van der Waals surface area contributed by atoms with E-state index >= 15 is 0 Å². The van der Waals surface area contributed by atoms with Crippen molar-refractivity contribution in [1.82, 2.24) is 10.2 Å². The van der Waals surface area contributed by atoms with Crippen LogP contribution in [-0.2, 0) is 9.84 Å². The summed E-state index contributed by atoms with van der Waals surface area (Å²) in [5.41, 5.74) is 0.516. The predicted molar refractivity (Wildman–Crippen MR) is 122 cm³/mol. The van der Waals surface area contributed by atoms with E-state index in [1.165, 1.54) is 56.6 Å². The Morgan fingerprint density at radius 1 is 0.844 bits per heavy atom. The molecule has 1 saturated carbocycles. The summed E-state index contributed by atoms with van der Waals surface area (Å²) in [4.78, 5) is 15.1. The van der Waals surface area contributed by atoms with Crippen molar-refractivity contribution in [2.24, 2.45) is 0 Å². The number of hydrogen-bond acceptors (Lipinski definition) is 4. The zero-order valence-electron chi connectivity index (χ0n) is 18.1. The first kappa shape index (κ1) is 22.7. The van der Waals surface area contributed by atoms with Gasteiger partial charge in [-0.25, -0.2) is 17.6 Å². The molecule has 2 aromatic rings. The van der Waals surface area contributed by atoms with Crippen LogP contribution < -0.4 is 10.6 Å². The van der Waals surface area contributed by atoms with Crippen LogP contribution in [-0.4, -0.2) is 44.5 Å². The zero-order valence-corrected chi connectivity index (χ0v) is 18.9. The van der Waals surface area contributed by atoms with Gasteiger partial charge in [0.05, 0.1) is 9.79 Å². The number of likely N-dealkylation sites (tertiary alicyclic amines) is 1. The second-order valence-corrected chi connectivity index (χ2v) is 10.6. The van der Waals surface area contributed by atoms with Crippen LogP contribution in [0.5, 0.6) is 0 Å². The Balaban J connectivity index is 1.28. The van der Waals surface area contributed by atoms with Gasteiger partial charge >= 0.3 is 6.03 Å². The summed E-state index contributed by atoms with van der Waals surface area (Å²) in [7, 11) is -3.74. The van der Waals surface area contributed by atoms with Crippen LogP contribution >= 0.6 is 0 Å². The molecule has 0 spiro atoms. The normalized spacial score (nSPS) is 22.3. The van der Waals surface area contributed by atoms with E-state index in [0.717, 1.165) is 37.8 Å². The second-order valence-electron chi connectivity index (χ2n) is 8.68. The van der Waals surface area contributed by atoms with Gasteiger partial charge in [-0.3, -0.25) is 0 Å². The maximum Gasteiger partial charge on any atom is 0.319 e. The topological polar surface area (TPSA) is 78.5 Å². The first-order chi connectivity index (χ1) is 15.4. The van der Waals surface area contributed by atoms with Gasteiger partial charge in [-0.05, 0) is 100 Å². The number of sulfone groups is 1. The van der Waals surface area contributed by atoms with Crippen LogP contribution in [0.25, 0.3) is 0 Å². The van der Waals surface area contributed by atoms with E-state index in [0.29, 0.717) is 11.7 Å². The molecule has 2 aromatic carbocycles. The van der Waals surface area contributed by atoms with E-state index in [2.05, 4.69) is 15.5 Å². The van der Waals surface area contributed by atoms with E-state index in [9.17, 15) is 17.6 Å². The number of benzene rings is 2. The molecule has 2 amide bonds. The Morgan fingerprint density at radius 2 is 1.41 bits per heavy atom. The van der Waals surface area contributed by atoms with Crippen LogP contribution in [0.3, 0.4) is 0 Å². The van der Waals surface area contributed by atoms with Gasteiger partial charge in [0.1, 0.15) is 5.82 Å². The number of carbonyl (C=O) groups is 1. The number of carbonyl (C=O) groups excluding carboxylic acids is 1. The molecule has 2 aliphatic rings. The standard InChI is InChI=1S/C24H30FN3O3S/c25-18-4-12-22(13-5-18)32(30,31)23-14-8-20(9-15-23)27-24(29)26-19-6-10-21(11-7-19)28-16-2-1-3-17-28/h4-5,8-9,12-15,19,21H,1-3,6-7,10-11,16-17H2,(H2,26,27,29). The van der Waals surface area contributed by atoms with Gasteiger partial charge in [0.15, 0.2) is 0 Å². The SMILES string of the molecule is O=C(Nc1ccc(S(=O)(=O)c2ccc(F)cc2)cc1)NC1CCC(N2CCCCC2)CC1. The highest BCUT2D eigenvalue weighted by molar-refractivity contribution is 7.91. The number of piperidine rings is 1. The Labute approximate surface area is 189 Å². The lowest BCUT2D eigenvalue weighted by Gasteiger charge is -2.39. The monoisotopic (exact) mass is 459 g/mol. The molecule has 6 nitrogen and oxygen atoms in total. The largest absolute Gasteiger partial charge is 0.335 e. The number of nitrogens with zero attached hydrogens (tertiary/aromatic N) is 1. The van der Waals surface area contributed by atoms with Crippen LogP contribution in [0.1, 0.15) is 44.9 Å². The summed E-state index contributed by atoms with van der Waals surface area (Å²) in [5.74, 6) is -0.491. The first-order valence-electron chi connectivity index (χ1n) is 11.3. The lowest BCUT2D eigenvalue weighted by Crippen LogP contribution is -2.46. The minimum absolute atomic E-state index is 0.0255. The summed E-state index contributed by atoms with van der Waals surface area (Å²) in [6, 6.07) is 11.2. The van der Waals surface area contributed by atoms with Crippen molar-refractivity contribution in [1.29, 1.82) is 0 Å². The number of rotatable bonds is 5. The third-order valence-electron chi connectivity index (χ3n) is 6.49. The van der Waals surface area contributed by atoms with E-state index < -0.39 is 15.7 Å². The molecule has 32 heavy (non-hydrogen) atoms. The smallest absolute Gasteiger partial charge is 0.319 e. The van der Waals surface area contributed by atoms with Gasteiger partial charge in [-0.2, -0.15) is 0 Å². The minimum Gasteiger partial charge on any atom is -0.335 e. The highest BCUT2D eigenvalue weighted by atomic mass is 32.2. The molecule has 2 N–H and O–H groups in total. The molecule has 0 aromatic heterocycles. The van der Waals surface area contributed by atoms with Crippen molar-refractivity contribution >= 4 is 21.6 Å². The van der Waals surface area contributed by atoms with Gasteiger partial charge in [0, 0.05) is 17.8 Å². The first-order valence-corrected chi connectivity index (χ1v) is 12.8. The number of amides is 2. The van der Waals surface area contributed by atoms with E-state index in [1.54, 1.807) is 12.1 Å². The maximum absolute atomic E-state index is 13.1. The average Bonchev–Trinajstić information content (AvgIpc) is 2.81. The Kier molecular flexibility index (Phi) is 7.10. The summed E-state index contributed by atoms with van der Waals surface area (Å²) in [5, 5.41) is 5.83. The lowest BCUT2D eigenvalue weighted by atomic mass is 9.89. The van der Waals surface area contributed by atoms with Crippen LogP contribution in [0, 0.1) is 5.82 Å². The van der Waals surface area contributed by atoms with Gasteiger partial charge in [-0.15, -0.1) is 0 Å². The molecule has 0 unspecified atom stereocenters. The van der Waals surface area contributed by atoms with Crippen molar-refractivity contribution in [2.45, 2.75) is 66.8 Å². The number of hydrogen-bond donors (Lipinski definition) is 2. The van der Waals surface area contributed by atoms with Crippen molar-refractivity contribution < 1.29 is 17.6 Å². The molecule has 4 rings (SSSR count). The second kappa shape index (κ2) is 10.0. The molecule has 172 valence electrons. The summed E-state index contributed by atoms with van der Waals surface area (Å²) < 4.78 is 38.4. The quantitative estimate of drug-likeness (QED) is 0.642. The van der Waals surface area contributed by atoms with Gasteiger partial charge in [-0.1, -0.05) is 6.42 Å². The Morgan fingerprint density at radius 3 is 2.00 bits per heavy atom. The van der Waals surface area contributed by atoms with Crippen molar-refractivity contribution in [3.8, 4) is 0 Å². The third kappa shape index (κ3) is 5.48. The van der Waals surface area contributed by atoms with Crippen LogP contribution in [0.2, 0.25) is 0 Å². The number of urea groups is 1. The summed E-state index contributed by atoms with van der Waals surface area (Å²) >= 11 is 0. The number of anilines is 1. The molecule has 0 atom stereocenters. The molecule has 2 fully saturated rings. The molecule has 1 aliphatic carbocycles. The highest BCUT2D eigenvalue weighted by Gasteiger charge is 2.27. The molecule has 1 heterocycles. The third-order valence-corrected chi connectivity index (χ3v) is 8.27. The van der Waals surface area contributed by atoms with E-state index in [4.69, 9.17) is 0 Å². The van der Waals surface area contributed by atoms with E-state index in [1.807, 2.05) is 0 Å². The Hall–Kier alpha value is -2.45. The molecule has 0 radical (unpaired) electrons. The maximum atomic E-state index is 13.1. The van der Waals surface area contributed by atoms with Gasteiger partial charge in [0.25, 0.3) is 0 Å². The number of halogens is 1. The van der Waals surface area contributed by atoms with Crippen LogP contribution in [0.4, 0.5) is 14.9 Å². The lowest BCUT2D eigenvalue weighted by molar-refractivity contribution is 0.122. The predicted octanol–water partition coefficient (Wildman–Crippen LogP) is 4.58. The Bertz CT molecular complexity index is 1010. The fourth-order valence-corrected chi connectivity index (χ4v) is 5.95. The molecule has 8 heteroatoms. The molecule has 1 aliphatic heterocycles. The highest BCUT2D eigenvalue weighted by Crippen LogP contribution is 2.26. The van der Waals surface area contributed by atoms with Gasteiger partial charge < -0.3 is 15.5 Å². The molecule has 1 saturated heterocycles. The van der Waals surface area contributed by atoms with Gasteiger partial charge in [0.2, 0.25) is 9.84 Å². The van der Waals surface area contributed by atoms with Crippen molar-refractivity contribution in [3.05, 3.63) is 54.3 Å². The molecular formula is C24H30FN3O3S. The summed E-state index contributed by atoms with van der Waals surface area (Å²) in [6.07, 6.45) is 8.11. The minimum atomic E-state index is -3.74. The fourth-order valence-electron chi connectivity index (χ4n) is 4.69.